The van der Waals surface area contributed by atoms with E-state index in [4.69, 9.17) is 0 Å². The van der Waals surface area contributed by atoms with Crippen molar-refractivity contribution in [2.75, 3.05) is 0 Å². The van der Waals surface area contributed by atoms with E-state index in [0.717, 1.165) is 5.56 Å². The van der Waals surface area contributed by atoms with E-state index >= 15 is 0 Å². The Labute approximate surface area is 79.4 Å². The van der Waals surface area contributed by atoms with Gasteiger partial charge < -0.3 is 5.11 Å². The maximum absolute atomic E-state index is 12.7. The zero-order chi connectivity index (χ0) is 9.14. The fraction of sp³-hybridized carbons (Fsp3) is 0.333. The Morgan fingerprint density at radius 3 is 2.75 bits per heavy atom. The lowest BCUT2D eigenvalue weighted by molar-refractivity contribution is 0.173. The average Bonchev–Trinajstić information content (AvgIpc) is 2.08. The second-order valence-corrected chi connectivity index (χ2v) is 3.45. The molecule has 0 spiro atoms. The van der Waals surface area contributed by atoms with Crippen LogP contribution >= 0.6 is 15.9 Å². The van der Waals surface area contributed by atoms with Crippen molar-refractivity contribution in [1.82, 2.24) is 0 Å². The van der Waals surface area contributed by atoms with Crippen molar-refractivity contribution in [2.45, 2.75) is 19.4 Å². The van der Waals surface area contributed by atoms with Gasteiger partial charge in [0.05, 0.1) is 10.6 Å². The van der Waals surface area contributed by atoms with Gasteiger partial charge in [0.25, 0.3) is 0 Å². The van der Waals surface area contributed by atoms with Crippen LogP contribution in [0.4, 0.5) is 4.39 Å². The molecule has 1 rings (SSSR count). The van der Waals surface area contributed by atoms with Gasteiger partial charge in [0.15, 0.2) is 0 Å². The van der Waals surface area contributed by atoms with Crippen LogP contribution in [0.1, 0.15) is 25.0 Å². The quantitative estimate of drug-likeness (QED) is 0.832. The van der Waals surface area contributed by atoms with E-state index < -0.39 is 6.10 Å². The number of hydrogen-bond donors (Lipinski definition) is 1. The summed E-state index contributed by atoms with van der Waals surface area (Å²) in [6, 6.07) is 4.54. The van der Waals surface area contributed by atoms with Gasteiger partial charge in [-0.2, -0.15) is 0 Å². The molecule has 0 aromatic heterocycles. The molecule has 0 saturated heterocycles. The van der Waals surface area contributed by atoms with Crippen molar-refractivity contribution in [3.8, 4) is 0 Å². The summed E-state index contributed by atoms with van der Waals surface area (Å²) in [4.78, 5) is 0. The molecule has 1 unspecified atom stereocenters. The van der Waals surface area contributed by atoms with Crippen LogP contribution < -0.4 is 0 Å². The number of aliphatic hydroxyl groups excluding tert-OH is 1. The Kier molecular flexibility index (Phi) is 3.23. The Bertz CT molecular complexity index is 275. The first-order chi connectivity index (χ1) is 5.65. The molecular weight excluding hydrogens is 223 g/mol. The van der Waals surface area contributed by atoms with Gasteiger partial charge in [0, 0.05) is 0 Å². The maximum atomic E-state index is 12.7. The summed E-state index contributed by atoms with van der Waals surface area (Å²) in [6.45, 7) is 1.88. The Hall–Kier alpha value is -0.410. The van der Waals surface area contributed by atoms with Gasteiger partial charge in [0.2, 0.25) is 0 Å². The van der Waals surface area contributed by atoms with E-state index in [1.807, 2.05) is 6.92 Å². The normalized spacial score (nSPS) is 13.0. The van der Waals surface area contributed by atoms with E-state index in [2.05, 4.69) is 15.9 Å². The standard InChI is InChI=1S/C9H10BrFO/c1-2-9(12)6-3-4-8(11)7(10)5-6/h3-5,9,12H,2H2,1H3. The van der Waals surface area contributed by atoms with Gasteiger partial charge in [-0.1, -0.05) is 13.0 Å². The molecule has 0 fully saturated rings. The molecule has 1 nitrogen and oxygen atoms in total. The van der Waals surface area contributed by atoms with E-state index in [0.29, 0.717) is 10.9 Å². The van der Waals surface area contributed by atoms with E-state index in [1.165, 1.54) is 6.07 Å². The van der Waals surface area contributed by atoms with Crippen LogP contribution in [0.5, 0.6) is 0 Å². The number of aliphatic hydroxyl groups is 1. The molecule has 1 aromatic rings. The van der Waals surface area contributed by atoms with Crippen LogP contribution in [0.3, 0.4) is 0 Å². The SMILES string of the molecule is CCC(O)c1ccc(F)c(Br)c1. The van der Waals surface area contributed by atoms with Gasteiger partial charge in [-0.05, 0) is 40.0 Å². The molecule has 0 bridgehead atoms. The Balaban J connectivity index is 2.96. The number of benzene rings is 1. The molecule has 0 saturated carbocycles. The highest BCUT2D eigenvalue weighted by atomic mass is 79.9. The minimum Gasteiger partial charge on any atom is -0.388 e. The molecule has 0 heterocycles. The predicted molar refractivity (Wildman–Crippen MR) is 49.4 cm³/mol. The molecule has 66 valence electrons. The summed E-state index contributed by atoms with van der Waals surface area (Å²) in [5.74, 6) is -0.304. The minimum atomic E-state index is -0.498. The van der Waals surface area contributed by atoms with Crippen LogP contribution in [0, 0.1) is 5.82 Å². The van der Waals surface area contributed by atoms with Crippen molar-refractivity contribution in [3.05, 3.63) is 34.1 Å². The molecule has 0 aliphatic heterocycles. The number of rotatable bonds is 2. The smallest absolute Gasteiger partial charge is 0.137 e. The third-order valence-electron chi connectivity index (χ3n) is 1.72. The maximum Gasteiger partial charge on any atom is 0.137 e. The molecule has 1 N–H and O–H groups in total. The molecule has 3 heteroatoms. The molecule has 1 atom stereocenters. The Morgan fingerprint density at radius 1 is 1.58 bits per heavy atom. The second kappa shape index (κ2) is 4.01. The summed E-state index contributed by atoms with van der Waals surface area (Å²) in [5.41, 5.74) is 0.741. The van der Waals surface area contributed by atoms with Crippen molar-refractivity contribution >= 4 is 15.9 Å². The zero-order valence-corrected chi connectivity index (χ0v) is 8.31. The summed E-state index contributed by atoms with van der Waals surface area (Å²) in [7, 11) is 0. The van der Waals surface area contributed by atoms with Crippen molar-refractivity contribution in [1.29, 1.82) is 0 Å². The highest BCUT2D eigenvalue weighted by Gasteiger charge is 2.06. The number of hydrogen-bond acceptors (Lipinski definition) is 1. The first-order valence-corrected chi connectivity index (χ1v) is 4.57. The van der Waals surface area contributed by atoms with Crippen LogP contribution in [0.25, 0.3) is 0 Å². The lowest BCUT2D eigenvalue weighted by Gasteiger charge is -2.07. The average molecular weight is 233 g/mol. The molecule has 0 radical (unpaired) electrons. The lowest BCUT2D eigenvalue weighted by atomic mass is 10.1. The molecule has 0 aliphatic rings. The monoisotopic (exact) mass is 232 g/mol. The largest absolute Gasteiger partial charge is 0.388 e. The van der Waals surface area contributed by atoms with E-state index in [9.17, 15) is 9.50 Å². The van der Waals surface area contributed by atoms with Crippen LogP contribution in [-0.4, -0.2) is 5.11 Å². The highest BCUT2D eigenvalue weighted by Crippen LogP contribution is 2.22. The van der Waals surface area contributed by atoms with Crippen molar-refractivity contribution in [2.24, 2.45) is 0 Å². The topological polar surface area (TPSA) is 20.2 Å². The van der Waals surface area contributed by atoms with Gasteiger partial charge >= 0.3 is 0 Å². The lowest BCUT2D eigenvalue weighted by Crippen LogP contribution is -1.95. The highest BCUT2D eigenvalue weighted by molar-refractivity contribution is 9.10. The molecule has 12 heavy (non-hydrogen) atoms. The fourth-order valence-electron chi connectivity index (χ4n) is 0.955. The van der Waals surface area contributed by atoms with E-state index in [1.54, 1.807) is 12.1 Å². The van der Waals surface area contributed by atoms with Crippen LogP contribution in [-0.2, 0) is 0 Å². The molecule has 1 aromatic carbocycles. The summed E-state index contributed by atoms with van der Waals surface area (Å²) in [5, 5.41) is 9.40. The third kappa shape index (κ3) is 2.05. The first-order valence-electron chi connectivity index (χ1n) is 3.78. The van der Waals surface area contributed by atoms with Crippen LogP contribution in [0.15, 0.2) is 22.7 Å². The van der Waals surface area contributed by atoms with Gasteiger partial charge in [-0.15, -0.1) is 0 Å². The second-order valence-electron chi connectivity index (χ2n) is 2.60. The molecule has 0 aliphatic carbocycles. The van der Waals surface area contributed by atoms with E-state index in [-0.39, 0.29) is 5.82 Å². The molecular formula is C9H10BrFO. The Morgan fingerprint density at radius 2 is 2.25 bits per heavy atom. The minimum absolute atomic E-state index is 0.304. The predicted octanol–water partition coefficient (Wildman–Crippen LogP) is 3.03. The number of halogens is 2. The van der Waals surface area contributed by atoms with Crippen molar-refractivity contribution in [3.63, 3.8) is 0 Å². The fourth-order valence-corrected chi connectivity index (χ4v) is 1.35. The van der Waals surface area contributed by atoms with Crippen LogP contribution in [0.2, 0.25) is 0 Å². The molecule has 0 amide bonds. The van der Waals surface area contributed by atoms with Gasteiger partial charge in [0.1, 0.15) is 5.82 Å². The van der Waals surface area contributed by atoms with Gasteiger partial charge in [-0.3, -0.25) is 0 Å². The summed E-state index contributed by atoms with van der Waals surface area (Å²) >= 11 is 3.06. The van der Waals surface area contributed by atoms with Gasteiger partial charge in [-0.25, -0.2) is 4.39 Å². The van der Waals surface area contributed by atoms with Crippen molar-refractivity contribution < 1.29 is 9.50 Å². The third-order valence-corrected chi connectivity index (χ3v) is 2.32. The first kappa shape index (κ1) is 9.68. The zero-order valence-electron chi connectivity index (χ0n) is 6.72. The summed E-state index contributed by atoms with van der Waals surface area (Å²) in [6.07, 6.45) is 0.139. The summed E-state index contributed by atoms with van der Waals surface area (Å²) < 4.78 is 13.1.